The van der Waals surface area contributed by atoms with Gasteiger partial charge in [-0.1, -0.05) is 0 Å². The van der Waals surface area contributed by atoms with Crippen LogP contribution in [0.3, 0.4) is 0 Å². The van der Waals surface area contributed by atoms with E-state index in [4.69, 9.17) is 4.74 Å². The molecule has 0 amide bonds. The Bertz CT molecular complexity index is 593. The van der Waals surface area contributed by atoms with E-state index >= 15 is 0 Å². The summed E-state index contributed by atoms with van der Waals surface area (Å²) in [6.45, 7) is 2.15. The molecule has 1 heterocycles. The van der Waals surface area contributed by atoms with Gasteiger partial charge < -0.3 is 4.74 Å². The quantitative estimate of drug-likeness (QED) is 0.424. The first kappa shape index (κ1) is 14.1. The molecule has 0 spiro atoms. The van der Waals surface area contributed by atoms with Crippen LogP contribution >= 0.6 is 33.9 Å². The predicted octanol–water partition coefficient (Wildman–Crippen LogP) is 4.94. The van der Waals surface area contributed by atoms with Crippen molar-refractivity contribution in [1.82, 2.24) is 0 Å². The minimum Gasteiger partial charge on any atom is -0.462 e. The highest BCUT2D eigenvalue weighted by molar-refractivity contribution is 14.1. The van der Waals surface area contributed by atoms with Crippen molar-refractivity contribution in [2.75, 3.05) is 6.61 Å². The maximum Gasteiger partial charge on any atom is 0.338 e. The van der Waals surface area contributed by atoms with E-state index in [1.165, 1.54) is 2.88 Å². The third kappa shape index (κ3) is 4.10. The molecule has 0 unspecified atom stereocenters. The van der Waals surface area contributed by atoms with Gasteiger partial charge in [-0.15, -0.1) is 21.6 Å². The Hall–Kier alpha value is -1.28. The van der Waals surface area contributed by atoms with E-state index in [1.807, 2.05) is 12.1 Å². The topological polar surface area (TPSA) is 51.0 Å². The van der Waals surface area contributed by atoms with E-state index < -0.39 is 0 Å². The van der Waals surface area contributed by atoms with Crippen LogP contribution in [0.1, 0.15) is 17.3 Å². The van der Waals surface area contributed by atoms with Gasteiger partial charge in [0.1, 0.15) is 5.00 Å². The van der Waals surface area contributed by atoms with E-state index in [1.54, 1.807) is 42.5 Å². The number of benzene rings is 1. The van der Waals surface area contributed by atoms with Crippen LogP contribution in [-0.4, -0.2) is 12.6 Å². The largest absolute Gasteiger partial charge is 0.462 e. The lowest BCUT2D eigenvalue weighted by Gasteiger charge is -2.00. The van der Waals surface area contributed by atoms with Gasteiger partial charge in [-0.05, 0) is 65.9 Å². The highest BCUT2D eigenvalue weighted by Gasteiger charge is 2.05. The number of hydrogen-bond donors (Lipinski definition) is 0. The Kier molecular flexibility index (Phi) is 5.03. The van der Waals surface area contributed by atoms with Gasteiger partial charge in [-0.25, -0.2) is 4.79 Å². The highest BCUT2D eigenvalue weighted by Crippen LogP contribution is 2.27. The van der Waals surface area contributed by atoms with Crippen LogP contribution in [0.4, 0.5) is 10.7 Å². The van der Waals surface area contributed by atoms with E-state index in [0.29, 0.717) is 17.9 Å². The molecule has 0 radical (unpaired) electrons. The first-order chi connectivity index (χ1) is 9.19. The summed E-state index contributed by atoms with van der Waals surface area (Å²) in [6, 6.07) is 10.8. The van der Waals surface area contributed by atoms with Crippen LogP contribution in [-0.2, 0) is 4.74 Å². The maximum atomic E-state index is 11.5. The molecule has 0 aliphatic rings. The van der Waals surface area contributed by atoms with Gasteiger partial charge in [-0.2, -0.15) is 0 Å². The van der Waals surface area contributed by atoms with Crippen molar-refractivity contribution in [2.45, 2.75) is 6.92 Å². The third-order valence-electron chi connectivity index (χ3n) is 2.20. The maximum absolute atomic E-state index is 11.5. The summed E-state index contributed by atoms with van der Waals surface area (Å²) in [5, 5.41) is 9.11. The number of carbonyl (C=O) groups is 1. The molecular weight excluding hydrogens is 375 g/mol. The van der Waals surface area contributed by atoms with Crippen molar-refractivity contribution >= 4 is 50.6 Å². The van der Waals surface area contributed by atoms with Crippen LogP contribution in [0, 0.1) is 2.88 Å². The van der Waals surface area contributed by atoms with Gasteiger partial charge >= 0.3 is 5.97 Å². The third-order valence-corrected chi connectivity index (χ3v) is 3.98. The van der Waals surface area contributed by atoms with Crippen LogP contribution < -0.4 is 0 Å². The zero-order chi connectivity index (χ0) is 13.7. The zero-order valence-electron chi connectivity index (χ0n) is 10.2. The van der Waals surface area contributed by atoms with Gasteiger partial charge in [0, 0.05) is 0 Å². The number of carbonyl (C=O) groups excluding carboxylic acids is 1. The Balaban J connectivity index is 2.06. The second-order valence-electron chi connectivity index (χ2n) is 3.55. The molecule has 4 nitrogen and oxygen atoms in total. The summed E-state index contributed by atoms with van der Waals surface area (Å²) in [6.07, 6.45) is 0. The van der Waals surface area contributed by atoms with Gasteiger partial charge in [0.05, 0.1) is 20.7 Å². The average Bonchev–Trinajstić information content (AvgIpc) is 2.83. The van der Waals surface area contributed by atoms with E-state index in [2.05, 4.69) is 32.8 Å². The number of rotatable bonds is 4. The number of nitrogens with zero attached hydrogens (tertiary/aromatic N) is 2. The standard InChI is InChI=1S/C13H11IN2O2S/c1-2-18-13(17)9-3-5-10(6-4-9)15-16-12-8-7-11(14)19-12/h3-8H,2H2,1H3. The fourth-order valence-corrected chi connectivity index (χ4v) is 2.75. The lowest BCUT2D eigenvalue weighted by Crippen LogP contribution is -2.03. The Morgan fingerprint density at radius 3 is 2.53 bits per heavy atom. The summed E-state index contributed by atoms with van der Waals surface area (Å²) in [4.78, 5) is 11.5. The van der Waals surface area contributed by atoms with Crippen LogP contribution in [0.25, 0.3) is 0 Å². The molecule has 19 heavy (non-hydrogen) atoms. The van der Waals surface area contributed by atoms with Gasteiger partial charge in [0.2, 0.25) is 0 Å². The molecule has 2 rings (SSSR count). The van der Waals surface area contributed by atoms with E-state index in [9.17, 15) is 4.79 Å². The molecule has 1 aromatic heterocycles. The molecule has 0 saturated carbocycles. The van der Waals surface area contributed by atoms with Crippen molar-refractivity contribution < 1.29 is 9.53 Å². The smallest absolute Gasteiger partial charge is 0.338 e. The number of ether oxygens (including phenoxy) is 1. The molecule has 1 aromatic carbocycles. The lowest BCUT2D eigenvalue weighted by atomic mass is 10.2. The van der Waals surface area contributed by atoms with Gasteiger partial charge in [-0.3, -0.25) is 0 Å². The molecule has 2 aromatic rings. The van der Waals surface area contributed by atoms with Crippen molar-refractivity contribution in [1.29, 1.82) is 0 Å². The summed E-state index contributed by atoms with van der Waals surface area (Å²) < 4.78 is 6.08. The first-order valence-electron chi connectivity index (χ1n) is 5.63. The molecular formula is C13H11IN2O2S. The molecule has 0 N–H and O–H groups in total. The molecule has 98 valence electrons. The fourth-order valence-electron chi connectivity index (χ4n) is 1.34. The van der Waals surface area contributed by atoms with Crippen molar-refractivity contribution in [3.63, 3.8) is 0 Å². The zero-order valence-corrected chi connectivity index (χ0v) is 13.1. The van der Waals surface area contributed by atoms with Crippen molar-refractivity contribution in [3.05, 3.63) is 44.8 Å². The van der Waals surface area contributed by atoms with Gasteiger partial charge in [0.25, 0.3) is 0 Å². The van der Waals surface area contributed by atoms with E-state index in [0.717, 1.165) is 5.00 Å². The second-order valence-corrected chi connectivity index (χ2v) is 6.50. The molecule has 6 heteroatoms. The van der Waals surface area contributed by atoms with Crippen molar-refractivity contribution in [2.24, 2.45) is 10.2 Å². The summed E-state index contributed by atoms with van der Waals surface area (Å²) in [7, 11) is 0. The summed E-state index contributed by atoms with van der Waals surface area (Å²) >= 11 is 3.81. The second kappa shape index (κ2) is 6.76. The lowest BCUT2D eigenvalue weighted by molar-refractivity contribution is 0.0526. The predicted molar refractivity (Wildman–Crippen MR) is 83.6 cm³/mol. The number of thiophene rings is 1. The molecule has 0 aliphatic carbocycles. The Morgan fingerprint density at radius 1 is 1.21 bits per heavy atom. The number of hydrogen-bond acceptors (Lipinski definition) is 5. The fraction of sp³-hybridized carbons (Fsp3) is 0.154. The van der Waals surface area contributed by atoms with Crippen LogP contribution in [0.2, 0.25) is 0 Å². The molecule has 0 aliphatic heterocycles. The van der Waals surface area contributed by atoms with Crippen molar-refractivity contribution in [3.8, 4) is 0 Å². The Labute approximate surface area is 128 Å². The minimum atomic E-state index is -0.321. The first-order valence-corrected chi connectivity index (χ1v) is 7.53. The number of esters is 1. The molecule has 0 saturated heterocycles. The van der Waals surface area contributed by atoms with Crippen LogP contribution in [0.5, 0.6) is 0 Å². The van der Waals surface area contributed by atoms with Crippen LogP contribution in [0.15, 0.2) is 46.6 Å². The summed E-state index contributed by atoms with van der Waals surface area (Å²) in [5.74, 6) is -0.321. The molecule has 0 bridgehead atoms. The minimum absolute atomic E-state index is 0.321. The molecule has 0 atom stereocenters. The number of halogens is 1. The highest BCUT2D eigenvalue weighted by atomic mass is 127. The monoisotopic (exact) mass is 386 g/mol. The number of azo groups is 1. The normalized spacial score (nSPS) is 10.8. The van der Waals surface area contributed by atoms with Gasteiger partial charge in [0.15, 0.2) is 0 Å². The average molecular weight is 386 g/mol. The van der Waals surface area contributed by atoms with E-state index in [-0.39, 0.29) is 5.97 Å². The SMILES string of the molecule is CCOC(=O)c1ccc(N=Nc2ccc(I)s2)cc1. The Morgan fingerprint density at radius 2 is 1.95 bits per heavy atom. The molecule has 0 fully saturated rings. The summed E-state index contributed by atoms with van der Waals surface area (Å²) in [5.41, 5.74) is 1.22.